The lowest BCUT2D eigenvalue weighted by molar-refractivity contribution is 0.254. The van der Waals surface area contributed by atoms with E-state index in [0.29, 0.717) is 5.56 Å². The Balaban J connectivity index is 3.02. The van der Waals surface area contributed by atoms with E-state index in [1.54, 1.807) is 31.2 Å². The predicted octanol–water partition coefficient (Wildman–Crippen LogP) is 2.72. The van der Waals surface area contributed by atoms with E-state index >= 15 is 0 Å². The lowest BCUT2D eigenvalue weighted by Crippen LogP contribution is -2.00. The molecular weight excluding hydrogens is 194 g/mol. The first-order chi connectivity index (χ1) is 6.11. The number of aryl methyl sites for hydroxylation is 1. The van der Waals surface area contributed by atoms with E-state index in [1.165, 1.54) is 0 Å². The maximum Gasteiger partial charge on any atom is 0.279 e. The highest BCUT2D eigenvalue weighted by Gasteiger charge is 2.04. The molecule has 0 bridgehead atoms. The topological polar surface area (TPSA) is 20.2 Å². The summed E-state index contributed by atoms with van der Waals surface area (Å²) in [5.74, 6) is -2.53. The van der Waals surface area contributed by atoms with Crippen molar-refractivity contribution in [2.75, 3.05) is 0 Å². The van der Waals surface area contributed by atoms with Crippen LogP contribution in [-0.4, -0.2) is 15.9 Å². The molecule has 1 aromatic rings. The molecule has 1 nitrogen and oxygen atoms in total. The average molecular weight is 204 g/mol. The fourth-order valence-electron chi connectivity index (χ4n) is 0.986. The lowest BCUT2D eigenvalue weighted by atomic mass is 10.1. The Bertz CT molecular complexity index is 323. The van der Waals surface area contributed by atoms with E-state index < -0.39 is 5.76 Å². The smallest absolute Gasteiger partial charge is 0.279 e. The second-order valence-electron chi connectivity index (χ2n) is 2.55. The van der Waals surface area contributed by atoms with Gasteiger partial charge in [-0.2, -0.15) is 8.78 Å². The summed E-state index contributed by atoms with van der Waals surface area (Å²) in [6.07, 6.45) is 0. The molecule has 1 rings (SSSR count). The number of aliphatic hydroxyl groups excluding tert-OH is 1. The third-order valence-corrected chi connectivity index (χ3v) is 2.29. The Morgan fingerprint density at radius 1 is 1.38 bits per heavy atom. The van der Waals surface area contributed by atoms with Crippen LogP contribution in [0.3, 0.4) is 0 Å². The van der Waals surface area contributed by atoms with Crippen LogP contribution in [0.1, 0.15) is 11.1 Å². The molecule has 1 N–H and O–H groups in total. The van der Waals surface area contributed by atoms with E-state index in [-0.39, 0.29) is 16.4 Å². The lowest BCUT2D eigenvalue weighted by Gasteiger charge is -2.03. The van der Waals surface area contributed by atoms with E-state index in [4.69, 9.17) is 0 Å². The number of rotatable bonds is 2. The van der Waals surface area contributed by atoms with Crippen LogP contribution in [-0.2, 0) is 0 Å². The van der Waals surface area contributed by atoms with Crippen molar-refractivity contribution in [3.05, 3.63) is 35.4 Å². The number of alkyl halides is 2. The van der Waals surface area contributed by atoms with Gasteiger partial charge in [0.2, 0.25) is 0 Å². The molecule has 1 aromatic carbocycles. The first-order valence-electron chi connectivity index (χ1n) is 3.72. The Kier molecular flexibility index (Phi) is 3.57. The van der Waals surface area contributed by atoms with Crippen LogP contribution in [0.2, 0.25) is 0 Å². The summed E-state index contributed by atoms with van der Waals surface area (Å²) in [6.45, 7) is 1.77. The van der Waals surface area contributed by atoms with Gasteiger partial charge in [0.15, 0.2) is 0 Å². The molecule has 0 aliphatic carbocycles. The fraction of sp³-hybridized carbons (Fsp3) is 0.222. The molecule has 0 atom stereocenters. The van der Waals surface area contributed by atoms with E-state index in [9.17, 15) is 13.9 Å². The van der Waals surface area contributed by atoms with Gasteiger partial charge in [-0.3, -0.25) is 0 Å². The molecule has 4 heteroatoms. The normalized spacial score (nSPS) is 12.8. The van der Waals surface area contributed by atoms with Crippen molar-refractivity contribution in [1.82, 2.24) is 0 Å². The first kappa shape index (κ1) is 10.3. The van der Waals surface area contributed by atoms with Crippen LogP contribution in [0.25, 0.3) is 0 Å². The molecule has 0 saturated carbocycles. The molecule has 0 radical (unpaired) electrons. The van der Waals surface area contributed by atoms with Crippen LogP contribution in [0, 0.1) is 6.92 Å². The van der Waals surface area contributed by atoms with Crippen molar-refractivity contribution in [2.45, 2.75) is 12.7 Å². The SMILES string of the molecule is Cc1ccccc1C(O)=[SH]C(F)F. The Morgan fingerprint density at radius 3 is 2.54 bits per heavy atom. The Labute approximate surface area is 79.0 Å². The minimum absolute atomic E-state index is 0.270. The van der Waals surface area contributed by atoms with Crippen molar-refractivity contribution in [2.24, 2.45) is 0 Å². The van der Waals surface area contributed by atoms with Crippen molar-refractivity contribution >= 4 is 16.4 Å². The third kappa shape index (κ3) is 2.90. The van der Waals surface area contributed by atoms with E-state index in [0.717, 1.165) is 5.56 Å². The van der Waals surface area contributed by atoms with Crippen molar-refractivity contribution in [3.63, 3.8) is 0 Å². The molecule has 0 amide bonds. The summed E-state index contributed by atoms with van der Waals surface area (Å²) in [7, 11) is 0. The molecule has 13 heavy (non-hydrogen) atoms. The summed E-state index contributed by atoms with van der Waals surface area (Å²) < 4.78 is 23.8. The van der Waals surface area contributed by atoms with Gasteiger partial charge in [-0.15, -0.1) is 11.4 Å². The van der Waals surface area contributed by atoms with Crippen molar-refractivity contribution in [1.29, 1.82) is 0 Å². The summed E-state index contributed by atoms with van der Waals surface area (Å²) in [5.41, 5.74) is 1.29. The number of hydrogen-bond acceptors (Lipinski definition) is 0. The van der Waals surface area contributed by atoms with E-state index in [2.05, 4.69) is 0 Å². The highest BCUT2D eigenvalue weighted by molar-refractivity contribution is 7.99. The predicted molar refractivity (Wildman–Crippen MR) is 52.9 cm³/mol. The van der Waals surface area contributed by atoms with Gasteiger partial charge >= 0.3 is 0 Å². The molecular formula is C9H10F2OS. The first-order valence-corrected chi connectivity index (χ1v) is 4.68. The minimum atomic E-state index is -2.53. The molecule has 0 saturated heterocycles. The molecule has 0 aliphatic rings. The highest BCUT2D eigenvalue weighted by Crippen LogP contribution is 2.13. The van der Waals surface area contributed by atoms with Crippen LogP contribution in [0.5, 0.6) is 0 Å². The molecule has 0 aliphatic heterocycles. The number of hydrogen-bond donors (Lipinski definition) is 2. The zero-order valence-corrected chi connectivity index (χ0v) is 7.93. The van der Waals surface area contributed by atoms with Crippen LogP contribution >= 0.6 is 11.4 Å². The van der Waals surface area contributed by atoms with Gasteiger partial charge in [-0.25, -0.2) is 0 Å². The number of halogens is 2. The van der Waals surface area contributed by atoms with Crippen LogP contribution in [0.4, 0.5) is 8.78 Å². The van der Waals surface area contributed by atoms with Gasteiger partial charge in [-0.05, 0) is 12.5 Å². The zero-order valence-electron chi connectivity index (χ0n) is 7.04. The van der Waals surface area contributed by atoms with Gasteiger partial charge in [0, 0.05) is 5.56 Å². The van der Waals surface area contributed by atoms with Gasteiger partial charge in [-0.1, -0.05) is 24.3 Å². The monoisotopic (exact) mass is 204 g/mol. The van der Waals surface area contributed by atoms with Crippen LogP contribution in [0.15, 0.2) is 24.3 Å². The molecule has 0 heterocycles. The zero-order chi connectivity index (χ0) is 9.84. The third-order valence-electron chi connectivity index (χ3n) is 1.61. The summed E-state index contributed by atoms with van der Waals surface area (Å²) >= 11 is -0.332. The van der Waals surface area contributed by atoms with Gasteiger partial charge < -0.3 is 5.11 Å². The van der Waals surface area contributed by atoms with Crippen molar-refractivity contribution < 1.29 is 13.9 Å². The Morgan fingerprint density at radius 2 is 2.00 bits per heavy atom. The number of benzene rings is 1. The summed E-state index contributed by atoms with van der Waals surface area (Å²) in [5, 5.41) is 9.03. The van der Waals surface area contributed by atoms with E-state index in [1.807, 2.05) is 0 Å². The molecule has 0 unspecified atom stereocenters. The quantitative estimate of drug-likeness (QED) is 0.560. The fourth-order valence-corrected chi connectivity index (χ4v) is 1.56. The van der Waals surface area contributed by atoms with Gasteiger partial charge in [0.05, 0.1) is 0 Å². The number of thiol groups is 1. The maximum absolute atomic E-state index is 11.9. The molecule has 0 fully saturated rings. The van der Waals surface area contributed by atoms with Crippen molar-refractivity contribution in [3.8, 4) is 0 Å². The Hall–Kier alpha value is -0.740. The average Bonchev–Trinajstić information content (AvgIpc) is 2.03. The molecule has 0 spiro atoms. The summed E-state index contributed by atoms with van der Waals surface area (Å²) in [4.78, 5) is 0. The largest absolute Gasteiger partial charge is 0.355 e. The summed E-state index contributed by atoms with van der Waals surface area (Å²) in [6, 6.07) is 6.90. The number of aliphatic hydroxyl groups is 1. The second kappa shape index (κ2) is 4.48. The molecule has 72 valence electrons. The molecule has 0 aromatic heterocycles. The van der Waals surface area contributed by atoms with Gasteiger partial charge in [0.1, 0.15) is 5.05 Å². The highest BCUT2D eigenvalue weighted by atomic mass is 32.1. The standard InChI is InChI=1S/C9H10F2OS/c1-6-4-2-3-5-7(6)8(12)13-9(10)11/h2-5,9,12-13H,1H3. The minimum Gasteiger partial charge on any atom is -0.355 e. The second-order valence-corrected chi connectivity index (χ2v) is 3.62. The maximum atomic E-state index is 11.9. The van der Waals surface area contributed by atoms with Crippen LogP contribution < -0.4 is 0 Å². The van der Waals surface area contributed by atoms with Gasteiger partial charge in [0.25, 0.3) is 5.76 Å².